The zero-order valence-corrected chi connectivity index (χ0v) is 12.1. The van der Waals surface area contributed by atoms with E-state index in [0.29, 0.717) is 29.9 Å². The Hall–Kier alpha value is -0.120. The first-order valence-corrected chi connectivity index (χ1v) is 7.62. The number of aliphatic hydroxyl groups is 1. The zero-order valence-electron chi connectivity index (χ0n) is 12.1. The van der Waals surface area contributed by atoms with Crippen molar-refractivity contribution in [3.63, 3.8) is 0 Å². The van der Waals surface area contributed by atoms with Crippen LogP contribution < -0.4 is 5.73 Å². The minimum absolute atomic E-state index is 0.301. The van der Waals surface area contributed by atoms with E-state index in [9.17, 15) is 5.11 Å². The van der Waals surface area contributed by atoms with E-state index >= 15 is 0 Å². The number of hydrogen-bond donors (Lipinski definition) is 2. The Morgan fingerprint density at radius 1 is 1.28 bits per heavy atom. The standard InChI is InChI=1S/C15H30N2O/c1-15(2)7-3-6-13(14(15)16)10-17-8-4-5-12(9-17)11-18/h12-14,18H,3-11,16H2,1-2H3. The van der Waals surface area contributed by atoms with Crippen molar-refractivity contribution in [2.75, 3.05) is 26.2 Å². The Labute approximate surface area is 112 Å². The van der Waals surface area contributed by atoms with Crippen molar-refractivity contribution in [3.05, 3.63) is 0 Å². The van der Waals surface area contributed by atoms with Crippen LogP contribution in [-0.2, 0) is 0 Å². The molecule has 2 rings (SSSR count). The third kappa shape index (κ3) is 3.25. The van der Waals surface area contributed by atoms with Crippen molar-refractivity contribution in [1.29, 1.82) is 0 Å². The van der Waals surface area contributed by atoms with Crippen LogP contribution in [-0.4, -0.2) is 42.3 Å². The van der Waals surface area contributed by atoms with Gasteiger partial charge in [0, 0.05) is 25.7 Å². The molecule has 18 heavy (non-hydrogen) atoms. The van der Waals surface area contributed by atoms with Crippen molar-refractivity contribution >= 4 is 0 Å². The highest BCUT2D eigenvalue weighted by atomic mass is 16.3. The minimum Gasteiger partial charge on any atom is -0.396 e. The molecule has 0 bridgehead atoms. The van der Waals surface area contributed by atoms with E-state index in [4.69, 9.17) is 5.73 Å². The highest BCUT2D eigenvalue weighted by Crippen LogP contribution is 2.38. The average Bonchev–Trinajstić information content (AvgIpc) is 2.35. The molecule has 0 spiro atoms. The highest BCUT2D eigenvalue weighted by molar-refractivity contribution is 4.92. The van der Waals surface area contributed by atoms with Gasteiger partial charge in [0.2, 0.25) is 0 Å². The van der Waals surface area contributed by atoms with Gasteiger partial charge in [-0.3, -0.25) is 0 Å². The minimum atomic E-state index is 0.301. The fourth-order valence-electron chi connectivity index (χ4n) is 3.81. The Balaban J connectivity index is 1.88. The molecule has 0 aromatic rings. The lowest BCUT2D eigenvalue weighted by Gasteiger charge is -2.44. The fourth-order valence-corrected chi connectivity index (χ4v) is 3.81. The van der Waals surface area contributed by atoms with Gasteiger partial charge in [0.05, 0.1) is 0 Å². The molecule has 3 unspecified atom stereocenters. The number of aliphatic hydroxyl groups excluding tert-OH is 1. The molecule has 106 valence electrons. The quantitative estimate of drug-likeness (QED) is 0.808. The lowest BCUT2D eigenvalue weighted by Crippen LogP contribution is -2.51. The molecular formula is C15H30N2O. The van der Waals surface area contributed by atoms with Crippen molar-refractivity contribution in [3.8, 4) is 0 Å². The highest BCUT2D eigenvalue weighted by Gasteiger charge is 2.37. The van der Waals surface area contributed by atoms with Crippen LogP contribution in [0.15, 0.2) is 0 Å². The Morgan fingerprint density at radius 2 is 2.06 bits per heavy atom. The molecule has 3 heteroatoms. The van der Waals surface area contributed by atoms with E-state index in [1.165, 1.54) is 38.6 Å². The second-order valence-electron chi connectivity index (χ2n) is 7.12. The number of nitrogens with two attached hydrogens (primary N) is 1. The number of piperidine rings is 1. The lowest BCUT2D eigenvalue weighted by molar-refractivity contribution is 0.0681. The van der Waals surface area contributed by atoms with Gasteiger partial charge in [-0.15, -0.1) is 0 Å². The summed E-state index contributed by atoms with van der Waals surface area (Å²) in [5, 5.41) is 9.30. The van der Waals surface area contributed by atoms with E-state index in [0.717, 1.165) is 13.1 Å². The summed E-state index contributed by atoms with van der Waals surface area (Å²) in [5.74, 6) is 1.14. The average molecular weight is 254 g/mol. The summed E-state index contributed by atoms with van der Waals surface area (Å²) < 4.78 is 0. The van der Waals surface area contributed by atoms with Crippen molar-refractivity contribution < 1.29 is 5.11 Å². The van der Waals surface area contributed by atoms with E-state index in [2.05, 4.69) is 18.7 Å². The molecule has 3 N–H and O–H groups in total. The number of hydrogen-bond acceptors (Lipinski definition) is 3. The molecule has 2 fully saturated rings. The van der Waals surface area contributed by atoms with Crippen LogP contribution in [0, 0.1) is 17.3 Å². The van der Waals surface area contributed by atoms with Gasteiger partial charge >= 0.3 is 0 Å². The maximum Gasteiger partial charge on any atom is 0.0471 e. The monoisotopic (exact) mass is 254 g/mol. The third-order valence-corrected chi connectivity index (χ3v) is 5.16. The van der Waals surface area contributed by atoms with E-state index in [1.807, 2.05) is 0 Å². The van der Waals surface area contributed by atoms with Crippen LogP contribution >= 0.6 is 0 Å². The molecule has 1 saturated heterocycles. The molecular weight excluding hydrogens is 224 g/mol. The Kier molecular flexibility index (Phi) is 4.68. The molecule has 1 saturated carbocycles. The van der Waals surface area contributed by atoms with Gasteiger partial charge in [-0.2, -0.15) is 0 Å². The molecule has 1 aliphatic carbocycles. The second-order valence-corrected chi connectivity index (χ2v) is 7.12. The summed E-state index contributed by atoms with van der Waals surface area (Å²) in [6, 6.07) is 0.334. The number of nitrogens with zero attached hydrogens (tertiary/aromatic N) is 1. The van der Waals surface area contributed by atoms with E-state index in [-0.39, 0.29) is 0 Å². The summed E-state index contributed by atoms with van der Waals surface area (Å²) in [6.07, 6.45) is 6.29. The molecule has 3 atom stereocenters. The number of likely N-dealkylation sites (tertiary alicyclic amines) is 1. The normalized spacial score (nSPS) is 37.7. The fraction of sp³-hybridized carbons (Fsp3) is 1.00. The van der Waals surface area contributed by atoms with Crippen LogP contribution in [0.1, 0.15) is 46.0 Å². The first-order valence-electron chi connectivity index (χ1n) is 7.62. The topological polar surface area (TPSA) is 49.5 Å². The molecule has 0 aromatic carbocycles. The smallest absolute Gasteiger partial charge is 0.0471 e. The van der Waals surface area contributed by atoms with Crippen molar-refractivity contribution in [2.24, 2.45) is 23.0 Å². The van der Waals surface area contributed by atoms with Crippen molar-refractivity contribution in [1.82, 2.24) is 4.90 Å². The van der Waals surface area contributed by atoms with Gasteiger partial charge in [-0.05, 0) is 49.5 Å². The van der Waals surface area contributed by atoms with Crippen LogP contribution in [0.2, 0.25) is 0 Å². The summed E-state index contributed by atoms with van der Waals surface area (Å²) in [7, 11) is 0. The van der Waals surface area contributed by atoms with Gasteiger partial charge in [-0.1, -0.05) is 20.3 Å². The Morgan fingerprint density at radius 3 is 2.78 bits per heavy atom. The molecule has 0 radical (unpaired) electrons. The molecule has 1 aliphatic heterocycles. The molecule has 1 heterocycles. The van der Waals surface area contributed by atoms with Gasteiger partial charge in [-0.25, -0.2) is 0 Å². The van der Waals surface area contributed by atoms with Crippen LogP contribution in [0.3, 0.4) is 0 Å². The Bertz CT molecular complexity index is 267. The first-order chi connectivity index (χ1) is 8.53. The SMILES string of the molecule is CC1(C)CCCC(CN2CCCC(CO)C2)C1N. The predicted octanol–water partition coefficient (Wildman–Crippen LogP) is 1.84. The van der Waals surface area contributed by atoms with E-state index in [1.54, 1.807) is 0 Å². The summed E-state index contributed by atoms with van der Waals surface area (Å²) in [4.78, 5) is 2.54. The van der Waals surface area contributed by atoms with Gasteiger partial charge < -0.3 is 15.7 Å². The molecule has 0 amide bonds. The summed E-state index contributed by atoms with van der Waals surface area (Å²) >= 11 is 0. The van der Waals surface area contributed by atoms with Crippen molar-refractivity contribution in [2.45, 2.75) is 52.0 Å². The van der Waals surface area contributed by atoms with E-state index < -0.39 is 0 Å². The lowest BCUT2D eigenvalue weighted by atomic mass is 9.68. The summed E-state index contributed by atoms with van der Waals surface area (Å²) in [6.45, 7) is 8.38. The maximum absolute atomic E-state index is 9.30. The van der Waals surface area contributed by atoms with Crippen LogP contribution in [0.25, 0.3) is 0 Å². The summed E-state index contributed by atoms with van der Waals surface area (Å²) in [5.41, 5.74) is 6.77. The third-order valence-electron chi connectivity index (χ3n) is 5.16. The number of rotatable bonds is 3. The second kappa shape index (κ2) is 5.89. The first kappa shape index (κ1) is 14.3. The van der Waals surface area contributed by atoms with Gasteiger partial charge in [0.25, 0.3) is 0 Å². The molecule has 0 aromatic heterocycles. The van der Waals surface area contributed by atoms with Gasteiger partial charge in [0.1, 0.15) is 0 Å². The maximum atomic E-state index is 9.30. The predicted molar refractivity (Wildman–Crippen MR) is 75.3 cm³/mol. The van der Waals surface area contributed by atoms with Crippen LogP contribution in [0.4, 0.5) is 0 Å². The molecule has 2 aliphatic rings. The molecule has 3 nitrogen and oxygen atoms in total. The van der Waals surface area contributed by atoms with Gasteiger partial charge in [0.15, 0.2) is 0 Å². The van der Waals surface area contributed by atoms with Crippen LogP contribution in [0.5, 0.6) is 0 Å². The zero-order chi connectivity index (χ0) is 13.2. The largest absolute Gasteiger partial charge is 0.396 e.